The van der Waals surface area contributed by atoms with E-state index in [9.17, 15) is 9.18 Å². The molecule has 2 aliphatic heterocycles. The Labute approximate surface area is 238 Å². The molecule has 2 fully saturated rings. The van der Waals surface area contributed by atoms with Crippen LogP contribution in [0.25, 0.3) is 11.0 Å². The number of Topliss-reactive ketones (excluding diaryl/α,β-unsaturated/α-hetero) is 1. The van der Waals surface area contributed by atoms with Crippen LogP contribution in [0.15, 0.2) is 42.6 Å². The molecule has 2 aromatic carbocycles. The van der Waals surface area contributed by atoms with Crippen LogP contribution in [0.3, 0.4) is 0 Å². The number of carbonyl (C=O) groups excluding carboxylic acids is 1. The highest BCUT2D eigenvalue weighted by Gasteiger charge is 2.26. The Balaban J connectivity index is 1.10. The summed E-state index contributed by atoms with van der Waals surface area (Å²) in [6, 6.07) is 12.3. The molecule has 2 saturated heterocycles. The summed E-state index contributed by atoms with van der Waals surface area (Å²) in [5.74, 6) is 1.08. The van der Waals surface area contributed by atoms with Crippen LogP contribution >= 0.6 is 0 Å². The molecule has 0 aliphatic carbocycles. The minimum absolute atomic E-state index is 0.0481. The van der Waals surface area contributed by atoms with Gasteiger partial charge >= 0.3 is 0 Å². The molecule has 0 saturated carbocycles. The van der Waals surface area contributed by atoms with Gasteiger partial charge in [0.1, 0.15) is 18.2 Å². The highest BCUT2D eigenvalue weighted by atomic mass is 19.1. The van der Waals surface area contributed by atoms with Crippen molar-refractivity contribution >= 4 is 16.8 Å². The lowest BCUT2D eigenvalue weighted by molar-refractivity contribution is -0.0592. The van der Waals surface area contributed by atoms with E-state index in [-0.39, 0.29) is 30.1 Å². The van der Waals surface area contributed by atoms with Crippen molar-refractivity contribution in [2.24, 2.45) is 0 Å². The van der Waals surface area contributed by atoms with E-state index in [1.165, 1.54) is 6.07 Å². The summed E-state index contributed by atoms with van der Waals surface area (Å²) < 4.78 is 30.0. The quantitative estimate of drug-likeness (QED) is 0.269. The fourth-order valence-electron chi connectivity index (χ4n) is 5.57. The van der Waals surface area contributed by atoms with Crippen LogP contribution < -0.4 is 4.74 Å². The third-order valence-electron chi connectivity index (χ3n) is 8.13. The number of hydrogen-bond acceptors (Lipinski definition) is 7. The van der Waals surface area contributed by atoms with Gasteiger partial charge in [0.25, 0.3) is 0 Å². The number of ether oxygens (including phenoxy) is 2. The van der Waals surface area contributed by atoms with Crippen LogP contribution in [0.1, 0.15) is 65.1 Å². The van der Waals surface area contributed by atoms with Crippen LogP contribution in [-0.4, -0.2) is 55.8 Å². The van der Waals surface area contributed by atoms with E-state index in [0.717, 1.165) is 74.5 Å². The minimum Gasteiger partial charge on any atom is -0.471 e. The fourth-order valence-corrected chi connectivity index (χ4v) is 5.57. The first-order chi connectivity index (χ1) is 19.9. The molecule has 0 amide bonds. The Morgan fingerprint density at radius 2 is 2.00 bits per heavy atom. The smallest absolute Gasteiger partial charge is 0.236 e. The molecule has 2 aromatic heterocycles. The number of aryl methyl sites for hydroxylation is 1. The first kappa shape index (κ1) is 27.1. The molecule has 0 N–H and O–H groups in total. The summed E-state index contributed by atoms with van der Waals surface area (Å²) >= 11 is 0. The number of hydrogen-bond donors (Lipinski definition) is 0. The van der Waals surface area contributed by atoms with Crippen molar-refractivity contribution in [2.45, 2.75) is 65.0 Å². The summed E-state index contributed by atoms with van der Waals surface area (Å²) in [6.45, 7) is 7.65. The van der Waals surface area contributed by atoms with Crippen LogP contribution in [-0.2, 0) is 24.4 Å². The van der Waals surface area contributed by atoms with Crippen molar-refractivity contribution in [2.75, 3.05) is 19.7 Å². The average molecular weight is 557 g/mol. The number of halogens is 1. The molecule has 6 rings (SSSR count). The molecular weight excluding hydrogens is 523 g/mol. The van der Waals surface area contributed by atoms with E-state index >= 15 is 0 Å². The molecule has 0 bridgehead atoms. The van der Waals surface area contributed by atoms with Crippen molar-refractivity contribution in [3.63, 3.8) is 0 Å². The van der Waals surface area contributed by atoms with E-state index in [1.807, 2.05) is 42.1 Å². The van der Waals surface area contributed by atoms with Crippen LogP contribution in [0, 0.1) is 24.1 Å². The molecule has 41 heavy (non-hydrogen) atoms. The number of nitriles is 1. The monoisotopic (exact) mass is 556 g/mol. The Morgan fingerprint density at radius 1 is 1.20 bits per heavy atom. The third-order valence-corrected chi connectivity index (χ3v) is 8.13. The Kier molecular flexibility index (Phi) is 7.56. The minimum atomic E-state index is -0.457. The van der Waals surface area contributed by atoms with Gasteiger partial charge in [0.15, 0.2) is 5.78 Å². The molecule has 1 atom stereocenters. The van der Waals surface area contributed by atoms with Gasteiger partial charge in [0.05, 0.1) is 47.9 Å². The largest absolute Gasteiger partial charge is 0.471 e. The highest BCUT2D eigenvalue weighted by molar-refractivity contribution is 5.97. The van der Waals surface area contributed by atoms with E-state index < -0.39 is 5.82 Å². The lowest BCUT2D eigenvalue weighted by Gasteiger charge is -2.32. The standard InChI is InChI=1S/C31H33FN6O3/c1-20-16-38(35-31(20)41-19-24-4-3-22(15-33)13-27(24)32)25-7-10-36(11-8-25)18-30-34-28-6-5-23(21(2)39)14-29(28)37(30)17-26-9-12-40-26/h3-6,13-14,16,25-26H,7-12,17-19H2,1-2H3/t26-/m0/s1. The SMILES string of the molecule is CC(=O)c1ccc2nc(CN3CCC(n4cc(C)c(OCc5ccc(C#N)cc5F)n4)CC3)n(C[C@@H]3CCO3)c2c1. The number of piperidine rings is 1. The lowest BCUT2D eigenvalue weighted by atomic mass is 10.1. The van der Waals surface area contributed by atoms with Crippen LogP contribution in [0.2, 0.25) is 0 Å². The molecule has 9 nitrogen and oxygen atoms in total. The molecular formula is C31H33FN6O3. The Hall–Kier alpha value is -4.07. The predicted molar refractivity (Wildman–Crippen MR) is 150 cm³/mol. The molecule has 4 heterocycles. The van der Waals surface area contributed by atoms with Gasteiger partial charge in [0.2, 0.25) is 5.88 Å². The number of likely N-dealkylation sites (tertiary alicyclic amines) is 1. The number of carbonyl (C=O) groups is 1. The molecule has 2 aliphatic rings. The maximum Gasteiger partial charge on any atom is 0.236 e. The first-order valence-electron chi connectivity index (χ1n) is 14.1. The van der Waals surface area contributed by atoms with Crippen molar-refractivity contribution in [1.29, 1.82) is 5.26 Å². The summed E-state index contributed by atoms with van der Waals surface area (Å²) in [7, 11) is 0. The normalized spacial score (nSPS) is 17.9. The zero-order valence-electron chi connectivity index (χ0n) is 23.3. The zero-order chi connectivity index (χ0) is 28.5. The molecule has 0 radical (unpaired) electrons. The molecule has 10 heteroatoms. The summed E-state index contributed by atoms with van der Waals surface area (Å²) in [5, 5.41) is 13.6. The van der Waals surface area contributed by atoms with Gasteiger partial charge in [-0.25, -0.2) is 9.37 Å². The van der Waals surface area contributed by atoms with Crippen LogP contribution in [0.4, 0.5) is 4.39 Å². The molecule has 0 unspecified atom stereocenters. The van der Waals surface area contributed by atoms with Crippen molar-refractivity contribution in [3.8, 4) is 11.9 Å². The zero-order valence-corrected chi connectivity index (χ0v) is 23.3. The summed E-state index contributed by atoms with van der Waals surface area (Å²) in [4.78, 5) is 19.4. The lowest BCUT2D eigenvalue weighted by Crippen LogP contribution is -2.36. The highest BCUT2D eigenvalue weighted by Crippen LogP contribution is 2.28. The average Bonchev–Trinajstić information content (AvgIpc) is 3.49. The van der Waals surface area contributed by atoms with E-state index in [4.69, 9.17) is 19.7 Å². The molecule has 4 aromatic rings. The van der Waals surface area contributed by atoms with Crippen molar-refractivity contribution < 1.29 is 18.7 Å². The molecule has 212 valence electrons. The number of ketones is 1. The second kappa shape index (κ2) is 11.4. The number of benzene rings is 2. The van der Waals surface area contributed by atoms with Gasteiger partial charge in [-0.15, -0.1) is 5.10 Å². The summed E-state index contributed by atoms with van der Waals surface area (Å²) in [6.07, 6.45) is 5.09. The van der Waals surface area contributed by atoms with Crippen molar-refractivity contribution in [3.05, 3.63) is 76.5 Å². The van der Waals surface area contributed by atoms with Crippen LogP contribution in [0.5, 0.6) is 5.88 Å². The van der Waals surface area contributed by atoms with Gasteiger partial charge in [-0.1, -0.05) is 6.07 Å². The van der Waals surface area contributed by atoms with E-state index in [2.05, 4.69) is 14.6 Å². The van der Waals surface area contributed by atoms with Gasteiger partial charge < -0.3 is 14.0 Å². The van der Waals surface area contributed by atoms with E-state index in [0.29, 0.717) is 17.0 Å². The second-order valence-electron chi connectivity index (χ2n) is 11.0. The molecule has 0 spiro atoms. The Bertz CT molecular complexity index is 1620. The van der Waals surface area contributed by atoms with Gasteiger partial charge in [0, 0.05) is 42.6 Å². The Morgan fingerprint density at radius 3 is 2.68 bits per heavy atom. The maximum absolute atomic E-state index is 14.3. The van der Waals surface area contributed by atoms with Gasteiger partial charge in [-0.05, 0) is 63.4 Å². The van der Waals surface area contributed by atoms with Gasteiger partial charge in [-0.3, -0.25) is 14.4 Å². The number of aromatic nitrogens is 4. The number of nitrogens with zero attached hydrogens (tertiary/aromatic N) is 6. The topological polar surface area (TPSA) is 98.2 Å². The van der Waals surface area contributed by atoms with E-state index in [1.54, 1.807) is 19.1 Å². The number of rotatable bonds is 9. The van der Waals surface area contributed by atoms with Gasteiger partial charge in [-0.2, -0.15) is 5.26 Å². The van der Waals surface area contributed by atoms with Crippen molar-refractivity contribution in [1.82, 2.24) is 24.2 Å². The second-order valence-corrected chi connectivity index (χ2v) is 11.0. The summed E-state index contributed by atoms with van der Waals surface area (Å²) in [5.41, 5.74) is 4.15. The first-order valence-corrected chi connectivity index (χ1v) is 14.1. The predicted octanol–water partition coefficient (Wildman–Crippen LogP) is 4.96. The fraction of sp³-hybridized carbons (Fsp3) is 0.419. The number of fused-ring (bicyclic) bond motifs is 1. The number of imidazole rings is 1. The maximum atomic E-state index is 14.3. The third kappa shape index (κ3) is 5.73.